The predicted molar refractivity (Wildman–Crippen MR) is 113 cm³/mol. The fraction of sp³-hybridized carbons (Fsp3) is 0.167. The molecule has 0 unspecified atom stereocenters. The molecule has 0 aliphatic heterocycles. The molecule has 0 N–H and O–H groups in total. The van der Waals surface area contributed by atoms with Crippen molar-refractivity contribution in [3.63, 3.8) is 0 Å². The molecule has 0 saturated heterocycles. The second kappa shape index (κ2) is 7.69. The maximum atomic E-state index is 13.0. The zero-order valence-corrected chi connectivity index (χ0v) is 16.2. The van der Waals surface area contributed by atoms with Crippen molar-refractivity contribution in [2.45, 2.75) is 20.0 Å². The first-order valence-corrected chi connectivity index (χ1v) is 9.42. The maximum Gasteiger partial charge on any atom is 0.242 e. The molecule has 0 saturated carbocycles. The van der Waals surface area contributed by atoms with E-state index < -0.39 is 0 Å². The lowest BCUT2D eigenvalue weighted by Gasteiger charge is -2.19. The SMILES string of the molecule is Cc1ccccc1-c1nc2ccccc2n1CC(=O)N(C)Cc1ccccc1. The van der Waals surface area contributed by atoms with Gasteiger partial charge >= 0.3 is 0 Å². The van der Waals surface area contributed by atoms with E-state index in [2.05, 4.69) is 19.1 Å². The van der Waals surface area contributed by atoms with Gasteiger partial charge in [0.15, 0.2) is 0 Å². The van der Waals surface area contributed by atoms with Crippen LogP contribution in [-0.2, 0) is 17.9 Å². The molecule has 1 aromatic heterocycles. The summed E-state index contributed by atoms with van der Waals surface area (Å²) in [7, 11) is 1.85. The molecule has 140 valence electrons. The Bertz CT molecular complexity index is 1120. The van der Waals surface area contributed by atoms with Crippen molar-refractivity contribution >= 4 is 16.9 Å². The Kier molecular flexibility index (Phi) is 4.94. The van der Waals surface area contributed by atoms with E-state index in [0.717, 1.165) is 33.5 Å². The van der Waals surface area contributed by atoms with Gasteiger partial charge in [0.2, 0.25) is 5.91 Å². The molecular weight excluding hydrogens is 346 g/mol. The van der Waals surface area contributed by atoms with E-state index in [9.17, 15) is 4.79 Å². The molecule has 1 heterocycles. The van der Waals surface area contributed by atoms with Gasteiger partial charge in [0.1, 0.15) is 12.4 Å². The molecule has 3 aromatic carbocycles. The number of aryl methyl sites for hydroxylation is 1. The van der Waals surface area contributed by atoms with Crippen molar-refractivity contribution in [1.29, 1.82) is 0 Å². The number of carbonyl (C=O) groups is 1. The maximum absolute atomic E-state index is 13.0. The van der Waals surface area contributed by atoms with E-state index >= 15 is 0 Å². The van der Waals surface area contributed by atoms with Crippen molar-refractivity contribution in [3.8, 4) is 11.4 Å². The van der Waals surface area contributed by atoms with Gasteiger partial charge in [-0.1, -0.05) is 66.7 Å². The van der Waals surface area contributed by atoms with E-state index in [0.29, 0.717) is 6.54 Å². The number of imidazole rings is 1. The molecule has 0 aliphatic rings. The first kappa shape index (κ1) is 18.0. The van der Waals surface area contributed by atoms with Crippen LogP contribution in [0, 0.1) is 6.92 Å². The summed E-state index contributed by atoms with van der Waals surface area (Å²) in [5.74, 6) is 0.891. The van der Waals surface area contributed by atoms with Crippen LogP contribution in [0.25, 0.3) is 22.4 Å². The molecule has 0 spiro atoms. The van der Waals surface area contributed by atoms with Crippen LogP contribution in [0.15, 0.2) is 78.9 Å². The highest BCUT2D eigenvalue weighted by Crippen LogP contribution is 2.27. The molecule has 0 fully saturated rings. The van der Waals surface area contributed by atoms with Crippen LogP contribution >= 0.6 is 0 Å². The third-order valence-electron chi connectivity index (χ3n) is 5.02. The van der Waals surface area contributed by atoms with Crippen molar-refractivity contribution in [1.82, 2.24) is 14.5 Å². The average Bonchev–Trinajstić information content (AvgIpc) is 3.07. The molecule has 0 bridgehead atoms. The molecular formula is C24H23N3O. The van der Waals surface area contributed by atoms with Crippen LogP contribution in [0.5, 0.6) is 0 Å². The van der Waals surface area contributed by atoms with Crippen LogP contribution < -0.4 is 0 Å². The lowest BCUT2D eigenvalue weighted by molar-refractivity contribution is -0.130. The second-order valence-corrected chi connectivity index (χ2v) is 7.06. The molecule has 4 aromatic rings. The topological polar surface area (TPSA) is 38.1 Å². The highest BCUT2D eigenvalue weighted by atomic mass is 16.2. The van der Waals surface area contributed by atoms with Gasteiger partial charge in [-0.25, -0.2) is 4.98 Å². The number of likely N-dealkylation sites (N-methyl/N-ethyl adjacent to an activating group) is 1. The number of hydrogen-bond acceptors (Lipinski definition) is 2. The lowest BCUT2D eigenvalue weighted by atomic mass is 10.1. The van der Waals surface area contributed by atoms with Gasteiger partial charge in [-0.15, -0.1) is 0 Å². The standard InChI is InChI=1S/C24H23N3O/c1-18-10-6-7-13-20(18)24-25-21-14-8-9-15-22(21)27(24)17-23(28)26(2)16-19-11-4-3-5-12-19/h3-15H,16-17H2,1-2H3. The summed E-state index contributed by atoms with van der Waals surface area (Å²) in [5, 5.41) is 0. The van der Waals surface area contributed by atoms with E-state index in [-0.39, 0.29) is 12.5 Å². The molecule has 4 rings (SSSR count). The number of para-hydroxylation sites is 2. The van der Waals surface area contributed by atoms with Gasteiger partial charge in [0.25, 0.3) is 0 Å². The number of rotatable bonds is 5. The molecule has 28 heavy (non-hydrogen) atoms. The summed E-state index contributed by atoms with van der Waals surface area (Å²) in [4.78, 5) is 19.6. The van der Waals surface area contributed by atoms with Crippen molar-refractivity contribution < 1.29 is 4.79 Å². The monoisotopic (exact) mass is 369 g/mol. The van der Waals surface area contributed by atoms with E-state index in [1.54, 1.807) is 4.90 Å². The van der Waals surface area contributed by atoms with E-state index in [1.165, 1.54) is 0 Å². The predicted octanol–water partition coefficient (Wildman–Crippen LogP) is 4.67. The minimum Gasteiger partial charge on any atom is -0.340 e. The van der Waals surface area contributed by atoms with Gasteiger partial charge in [-0.2, -0.15) is 0 Å². The molecule has 0 aliphatic carbocycles. The van der Waals surface area contributed by atoms with Crippen LogP contribution in [0.2, 0.25) is 0 Å². The summed E-state index contributed by atoms with van der Waals surface area (Å²) in [6.45, 7) is 2.92. The third-order valence-corrected chi connectivity index (χ3v) is 5.02. The number of carbonyl (C=O) groups excluding carboxylic acids is 1. The summed E-state index contributed by atoms with van der Waals surface area (Å²) < 4.78 is 2.03. The van der Waals surface area contributed by atoms with Gasteiger partial charge < -0.3 is 9.47 Å². The number of fused-ring (bicyclic) bond motifs is 1. The highest BCUT2D eigenvalue weighted by molar-refractivity contribution is 5.85. The minimum absolute atomic E-state index is 0.0573. The minimum atomic E-state index is 0.0573. The zero-order valence-electron chi connectivity index (χ0n) is 16.2. The Morgan fingerprint density at radius 1 is 0.929 bits per heavy atom. The molecule has 1 amide bonds. The van der Waals surface area contributed by atoms with Crippen LogP contribution in [0.1, 0.15) is 11.1 Å². The fourth-order valence-electron chi connectivity index (χ4n) is 3.47. The molecule has 0 atom stereocenters. The van der Waals surface area contributed by atoms with Gasteiger partial charge in [-0.3, -0.25) is 4.79 Å². The first-order valence-electron chi connectivity index (χ1n) is 9.42. The summed E-state index contributed by atoms with van der Waals surface area (Å²) in [6.07, 6.45) is 0. The molecule has 0 radical (unpaired) electrons. The Morgan fingerprint density at radius 3 is 2.39 bits per heavy atom. The first-order chi connectivity index (χ1) is 13.6. The summed E-state index contributed by atoms with van der Waals surface area (Å²) >= 11 is 0. The van der Waals surface area contributed by atoms with Gasteiger partial charge in [-0.05, 0) is 30.2 Å². The number of hydrogen-bond donors (Lipinski definition) is 0. The van der Waals surface area contributed by atoms with Gasteiger partial charge in [0, 0.05) is 19.2 Å². The second-order valence-electron chi connectivity index (χ2n) is 7.06. The largest absolute Gasteiger partial charge is 0.340 e. The van der Waals surface area contributed by atoms with E-state index in [4.69, 9.17) is 4.98 Å². The molecule has 4 nitrogen and oxygen atoms in total. The van der Waals surface area contributed by atoms with E-state index in [1.807, 2.05) is 78.3 Å². The third kappa shape index (κ3) is 3.54. The van der Waals surface area contributed by atoms with Gasteiger partial charge in [0.05, 0.1) is 11.0 Å². The number of nitrogens with zero attached hydrogens (tertiary/aromatic N) is 3. The smallest absolute Gasteiger partial charge is 0.242 e. The lowest BCUT2D eigenvalue weighted by Crippen LogP contribution is -2.30. The summed E-state index contributed by atoms with van der Waals surface area (Å²) in [5.41, 5.74) is 5.19. The Labute approximate surface area is 165 Å². The Hall–Kier alpha value is -3.40. The zero-order chi connectivity index (χ0) is 19.5. The van der Waals surface area contributed by atoms with Crippen LogP contribution in [-0.4, -0.2) is 27.4 Å². The Morgan fingerprint density at radius 2 is 1.61 bits per heavy atom. The van der Waals surface area contributed by atoms with Crippen LogP contribution in [0.4, 0.5) is 0 Å². The van der Waals surface area contributed by atoms with Crippen molar-refractivity contribution in [2.24, 2.45) is 0 Å². The molecule has 4 heteroatoms. The number of aromatic nitrogens is 2. The summed E-state index contributed by atoms with van der Waals surface area (Å²) in [6, 6.07) is 26.2. The Balaban J connectivity index is 1.69. The van der Waals surface area contributed by atoms with Crippen molar-refractivity contribution in [3.05, 3.63) is 90.0 Å². The number of amides is 1. The highest BCUT2D eigenvalue weighted by Gasteiger charge is 2.18. The number of benzene rings is 3. The normalized spacial score (nSPS) is 10.9. The average molecular weight is 369 g/mol. The fourth-order valence-corrected chi connectivity index (χ4v) is 3.47. The van der Waals surface area contributed by atoms with Crippen LogP contribution in [0.3, 0.4) is 0 Å². The quantitative estimate of drug-likeness (QED) is 0.513. The van der Waals surface area contributed by atoms with Crippen molar-refractivity contribution in [2.75, 3.05) is 7.05 Å².